The predicted octanol–water partition coefficient (Wildman–Crippen LogP) is 3.25. The summed E-state index contributed by atoms with van der Waals surface area (Å²) in [6, 6.07) is 10.7. The van der Waals surface area contributed by atoms with E-state index in [1.54, 1.807) is 6.07 Å². The van der Waals surface area contributed by atoms with Gasteiger partial charge in [-0.25, -0.2) is 35.9 Å². The third kappa shape index (κ3) is 6.61. The summed E-state index contributed by atoms with van der Waals surface area (Å²) in [5.74, 6) is -0.663. The standard InChI is InChI=1S/C29H27F3N8O5S2/c1-46(42,43)38-9-7-22(8-10-38)36-29-34-14-21-12-24(26(31)32)28(41)39(27(21)37-29)15-20-6-5-19(13-25(20)30)18-3-2-4-23(11-18)47(44,45)40-17-33-16-35-40/h2-6,11-14,16-17,22,26H,7-10,15H2,1H3,(H,34,36,37). The molecule has 4 heterocycles. The summed E-state index contributed by atoms with van der Waals surface area (Å²) in [5, 5.41) is 6.93. The molecular weight excluding hydrogens is 661 g/mol. The Hall–Kier alpha value is -4.68. The quantitative estimate of drug-likeness (QED) is 0.243. The first-order valence-electron chi connectivity index (χ1n) is 14.2. The Balaban J connectivity index is 1.31. The molecule has 246 valence electrons. The zero-order valence-corrected chi connectivity index (χ0v) is 26.3. The molecule has 0 radical (unpaired) electrons. The molecule has 0 aliphatic carbocycles. The number of nitrogens with one attached hydrogen (secondary N) is 1. The van der Waals surface area contributed by atoms with Crippen molar-refractivity contribution in [2.75, 3.05) is 24.7 Å². The van der Waals surface area contributed by atoms with Gasteiger partial charge in [0.1, 0.15) is 24.1 Å². The van der Waals surface area contributed by atoms with E-state index in [1.807, 2.05) is 0 Å². The lowest BCUT2D eigenvalue weighted by molar-refractivity contribution is 0.149. The van der Waals surface area contributed by atoms with Crippen molar-refractivity contribution in [2.24, 2.45) is 0 Å². The van der Waals surface area contributed by atoms with Crippen LogP contribution >= 0.6 is 0 Å². The van der Waals surface area contributed by atoms with E-state index in [-0.39, 0.29) is 33.5 Å². The first-order valence-corrected chi connectivity index (χ1v) is 17.5. The van der Waals surface area contributed by atoms with Gasteiger partial charge in [-0.15, -0.1) is 9.19 Å². The first-order chi connectivity index (χ1) is 22.3. The number of alkyl halides is 2. The second-order valence-corrected chi connectivity index (χ2v) is 14.7. The third-order valence-electron chi connectivity index (χ3n) is 7.84. The van der Waals surface area contributed by atoms with Gasteiger partial charge in [-0.05, 0) is 48.2 Å². The number of nitrogens with zero attached hydrogens (tertiary/aromatic N) is 7. The summed E-state index contributed by atoms with van der Waals surface area (Å²) in [4.78, 5) is 25.4. The van der Waals surface area contributed by atoms with Crippen molar-refractivity contribution >= 4 is 37.0 Å². The highest BCUT2D eigenvalue weighted by atomic mass is 32.2. The number of pyridine rings is 1. The second kappa shape index (κ2) is 12.5. The number of anilines is 1. The monoisotopic (exact) mass is 688 g/mol. The molecule has 0 amide bonds. The lowest BCUT2D eigenvalue weighted by Gasteiger charge is -2.30. The molecule has 13 nitrogen and oxygen atoms in total. The van der Waals surface area contributed by atoms with E-state index in [0.717, 1.165) is 35.6 Å². The fourth-order valence-corrected chi connectivity index (χ4v) is 7.32. The lowest BCUT2D eigenvalue weighted by Crippen LogP contribution is -2.42. The molecular formula is C29H27F3N8O5S2. The van der Waals surface area contributed by atoms with Crippen molar-refractivity contribution in [1.82, 2.24) is 33.0 Å². The molecule has 3 aromatic heterocycles. The Labute approximate surface area is 266 Å². The van der Waals surface area contributed by atoms with Crippen LogP contribution in [0.25, 0.3) is 22.2 Å². The minimum Gasteiger partial charge on any atom is -0.351 e. The van der Waals surface area contributed by atoms with Gasteiger partial charge in [0.25, 0.3) is 22.0 Å². The maximum Gasteiger partial charge on any atom is 0.284 e. The second-order valence-electron chi connectivity index (χ2n) is 11.0. The molecule has 1 aliphatic rings. The molecule has 0 atom stereocenters. The molecule has 0 unspecified atom stereocenters. The normalized spacial score (nSPS) is 15.0. The van der Waals surface area contributed by atoms with Gasteiger partial charge in [0.15, 0.2) is 0 Å². The highest BCUT2D eigenvalue weighted by molar-refractivity contribution is 7.89. The van der Waals surface area contributed by atoms with Gasteiger partial charge >= 0.3 is 0 Å². The van der Waals surface area contributed by atoms with Crippen LogP contribution < -0.4 is 10.9 Å². The van der Waals surface area contributed by atoms with Crippen LogP contribution in [0.3, 0.4) is 0 Å². The van der Waals surface area contributed by atoms with Crippen LogP contribution in [0.2, 0.25) is 0 Å². The number of hydrogen-bond donors (Lipinski definition) is 1. The summed E-state index contributed by atoms with van der Waals surface area (Å²) in [6.07, 6.45) is 2.39. The van der Waals surface area contributed by atoms with E-state index in [0.29, 0.717) is 41.1 Å². The Morgan fingerprint density at radius 2 is 1.77 bits per heavy atom. The Morgan fingerprint density at radius 1 is 1.02 bits per heavy atom. The smallest absolute Gasteiger partial charge is 0.284 e. The maximum atomic E-state index is 15.6. The number of rotatable bonds is 9. The van der Waals surface area contributed by atoms with E-state index in [2.05, 4.69) is 25.4 Å². The van der Waals surface area contributed by atoms with Crippen LogP contribution in [0, 0.1) is 5.82 Å². The number of benzene rings is 2. The van der Waals surface area contributed by atoms with Crippen molar-refractivity contribution in [1.29, 1.82) is 0 Å². The van der Waals surface area contributed by atoms with Gasteiger partial charge in [0.05, 0.1) is 23.3 Å². The minimum atomic E-state index is -4.04. The minimum absolute atomic E-state index is 0.0000301. The zero-order chi connectivity index (χ0) is 33.5. The predicted molar refractivity (Wildman–Crippen MR) is 165 cm³/mol. The van der Waals surface area contributed by atoms with Crippen LogP contribution in [-0.4, -0.2) is 75.2 Å². The Bertz CT molecular complexity index is 2240. The Morgan fingerprint density at radius 3 is 2.43 bits per heavy atom. The van der Waals surface area contributed by atoms with Crippen molar-refractivity contribution in [2.45, 2.75) is 36.7 Å². The fraction of sp³-hybridized carbons (Fsp3) is 0.276. The van der Waals surface area contributed by atoms with E-state index in [1.165, 1.54) is 40.8 Å². The molecule has 6 rings (SSSR count). The molecule has 5 aromatic rings. The average Bonchev–Trinajstić information content (AvgIpc) is 3.59. The molecule has 1 aliphatic heterocycles. The van der Waals surface area contributed by atoms with Gasteiger partial charge in [-0.2, -0.15) is 13.4 Å². The third-order valence-corrected chi connectivity index (χ3v) is 10.7. The Kier molecular flexibility index (Phi) is 8.58. The highest BCUT2D eigenvalue weighted by Crippen LogP contribution is 2.27. The molecule has 0 saturated carbocycles. The molecule has 1 N–H and O–H groups in total. The number of aromatic nitrogens is 6. The molecule has 2 aromatic carbocycles. The van der Waals surface area contributed by atoms with E-state index < -0.39 is 50.0 Å². The SMILES string of the molecule is CS(=O)(=O)N1CCC(Nc2ncc3cc(C(F)F)c(=O)n(Cc4ccc(-c5cccc(S(=O)(=O)n6cncn6)c5)cc4F)c3n2)CC1. The van der Waals surface area contributed by atoms with Gasteiger partial charge in [-0.1, -0.05) is 24.3 Å². The van der Waals surface area contributed by atoms with Crippen LogP contribution in [0.1, 0.15) is 30.4 Å². The lowest BCUT2D eigenvalue weighted by atomic mass is 10.0. The fourth-order valence-electron chi connectivity index (χ4n) is 5.36. The van der Waals surface area contributed by atoms with E-state index >= 15 is 4.39 Å². The largest absolute Gasteiger partial charge is 0.351 e. The molecule has 1 fully saturated rings. The van der Waals surface area contributed by atoms with Gasteiger partial charge < -0.3 is 5.32 Å². The summed E-state index contributed by atoms with van der Waals surface area (Å²) in [6.45, 7) is 0.152. The molecule has 47 heavy (non-hydrogen) atoms. The first kappa shape index (κ1) is 32.3. The van der Waals surface area contributed by atoms with Gasteiger partial charge in [-0.3, -0.25) is 9.36 Å². The number of fused-ring (bicyclic) bond motifs is 1. The summed E-state index contributed by atoms with van der Waals surface area (Å²) in [7, 11) is -7.36. The van der Waals surface area contributed by atoms with Crippen LogP contribution in [0.5, 0.6) is 0 Å². The van der Waals surface area contributed by atoms with Crippen LogP contribution in [-0.2, 0) is 26.6 Å². The van der Waals surface area contributed by atoms with E-state index in [9.17, 15) is 30.4 Å². The van der Waals surface area contributed by atoms with Crippen molar-refractivity contribution in [3.8, 4) is 11.1 Å². The molecule has 18 heteroatoms. The van der Waals surface area contributed by atoms with E-state index in [4.69, 9.17) is 0 Å². The number of sulfonamides is 1. The van der Waals surface area contributed by atoms with Crippen LogP contribution in [0.4, 0.5) is 19.1 Å². The van der Waals surface area contributed by atoms with Crippen molar-refractivity contribution in [3.63, 3.8) is 0 Å². The average molecular weight is 689 g/mol. The summed E-state index contributed by atoms with van der Waals surface area (Å²) >= 11 is 0. The summed E-state index contributed by atoms with van der Waals surface area (Å²) < 4.78 is 95.7. The number of hydrogen-bond acceptors (Lipinski definition) is 10. The topological polar surface area (TPSA) is 162 Å². The molecule has 1 saturated heterocycles. The number of halogens is 3. The van der Waals surface area contributed by atoms with Crippen LogP contribution in [0.15, 0.2) is 77.1 Å². The number of piperidine rings is 1. The zero-order valence-electron chi connectivity index (χ0n) is 24.7. The highest BCUT2D eigenvalue weighted by Gasteiger charge is 2.26. The molecule has 0 spiro atoms. The molecule has 0 bridgehead atoms. The maximum absolute atomic E-state index is 15.6. The van der Waals surface area contributed by atoms with Crippen molar-refractivity contribution < 1.29 is 30.0 Å². The van der Waals surface area contributed by atoms with Gasteiger partial charge in [0, 0.05) is 36.3 Å². The van der Waals surface area contributed by atoms with Crippen molar-refractivity contribution in [3.05, 3.63) is 94.7 Å². The van der Waals surface area contributed by atoms with Gasteiger partial charge in [0.2, 0.25) is 16.0 Å². The summed E-state index contributed by atoms with van der Waals surface area (Å²) in [5.41, 5.74) is -1.14.